The maximum atomic E-state index is 12.3. The van der Waals surface area contributed by atoms with Gasteiger partial charge in [-0.1, -0.05) is 29.8 Å². The number of nitrogens with one attached hydrogen (secondary N) is 1. The Kier molecular flexibility index (Phi) is 6.61. The lowest BCUT2D eigenvalue weighted by Crippen LogP contribution is -2.49. The van der Waals surface area contributed by atoms with Crippen LogP contribution in [0.5, 0.6) is 0 Å². The lowest BCUT2D eigenvalue weighted by Gasteiger charge is -2.33. The number of carbonyl (C=O) groups excluding carboxylic acids is 1. The summed E-state index contributed by atoms with van der Waals surface area (Å²) in [4.78, 5) is 21.5. The fraction of sp³-hybridized carbons (Fsp3) is 0.333. The fourth-order valence-electron chi connectivity index (χ4n) is 3.31. The van der Waals surface area contributed by atoms with Crippen molar-refractivity contribution in [3.8, 4) is 11.5 Å². The van der Waals surface area contributed by atoms with Crippen LogP contribution in [-0.4, -0.2) is 53.4 Å². The Morgan fingerprint density at radius 2 is 1.93 bits per heavy atom. The summed E-state index contributed by atoms with van der Waals surface area (Å²) in [5.74, 6) is 0.835. The van der Waals surface area contributed by atoms with Gasteiger partial charge in [0.15, 0.2) is 5.76 Å². The van der Waals surface area contributed by atoms with Gasteiger partial charge in [-0.3, -0.25) is 14.6 Å². The van der Waals surface area contributed by atoms with Gasteiger partial charge in [0.2, 0.25) is 5.91 Å². The van der Waals surface area contributed by atoms with Crippen LogP contribution in [0.4, 0.5) is 0 Å². The van der Waals surface area contributed by atoms with E-state index in [9.17, 15) is 4.79 Å². The molecular formula is C21H23ClN4O2S. The van der Waals surface area contributed by atoms with Gasteiger partial charge in [-0.05, 0) is 23.8 Å². The minimum absolute atomic E-state index is 0.0291. The van der Waals surface area contributed by atoms with E-state index in [1.165, 1.54) is 0 Å². The first-order valence-corrected chi connectivity index (χ1v) is 10.9. The predicted molar refractivity (Wildman–Crippen MR) is 115 cm³/mol. The van der Waals surface area contributed by atoms with Gasteiger partial charge in [0, 0.05) is 43.1 Å². The minimum atomic E-state index is 0.0291. The fourth-order valence-corrected chi connectivity index (χ4v) is 4.34. The Morgan fingerprint density at radius 1 is 1.14 bits per heavy atom. The van der Waals surface area contributed by atoms with Crippen LogP contribution in [0.2, 0.25) is 5.02 Å². The lowest BCUT2D eigenvalue weighted by atomic mass is 10.2. The highest BCUT2D eigenvalue weighted by molar-refractivity contribution is 7.09. The van der Waals surface area contributed by atoms with E-state index in [2.05, 4.69) is 20.1 Å². The number of furan rings is 1. The van der Waals surface area contributed by atoms with E-state index in [0.29, 0.717) is 18.1 Å². The average molecular weight is 431 g/mol. The third kappa shape index (κ3) is 5.45. The van der Waals surface area contributed by atoms with Crippen molar-refractivity contribution in [1.29, 1.82) is 0 Å². The Balaban J connectivity index is 1.19. The van der Waals surface area contributed by atoms with Crippen molar-refractivity contribution in [3.05, 3.63) is 63.6 Å². The average Bonchev–Trinajstić information content (AvgIpc) is 3.41. The number of amides is 1. The van der Waals surface area contributed by atoms with Gasteiger partial charge in [-0.15, -0.1) is 11.3 Å². The van der Waals surface area contributed by atoms with Crippen LogP contribution < -0.4 is 5.32 Å². The molecule has 0 bridgehead atoms. The summed E-state index contributed by atoms with van der Waals surface area (Å²) < 4.78 is 5.41. The molecule has 0 radical (unpaired) electrons. The van der Waals surface area contributed by atoms with Crippen LogP contribution in [0, 0.1) is 0 Å². The summed E-state index contributed by atoms with van der Waals surface area (Å²) in [5.41, 5.74) is 1.83. The smallest absolute Gasteiger partial charge is 0.234 e. The molecule has 3 heterocycles. The highest BCUT2D eigenvalue weighted by Gasteiger charge is 2.20. The quantitative estimate of drug-likeness (QED) is 0.621. The molecule has 1 fully saturated rings. The third-order valence-corrected chi connectivity index (χ3v) is 6.15. The van der Waals surface area contributed by atoms with Crippen molar-refractivity contribution < 1.29 is 9.21 Å². The van der Waals surface area contributed by atoms with Gasteiger partial charge in [-0.2, -0.15) is 0 Å². The second-order valence-corrected chi connectivity index (χ2v) is 8.37. The minimum Gasteiger partial charge on any atom is -0.463 e. The molecule has 1 N–H and O–H groups in total. The second-order valence-electron chi connectivity index (χ2n) is 7.02. The molecule has 1 saturated heterocycles. The zero-order chi connectivity index (χ0) is 20.1. The van der Waals surface area contributed by atoms with Crippen molar-refractivity contribution in [2.75, 3.05) is 32.7 Å². The van der Waals surface area contributed by atoms with Crippen LogP contribution >= 0.6 is 22.9 Å². The van der Waals surface area contributed by atoms with Crippen LogP contribution in [0.3, 0.4) is 0 Å². The van der Waals surface area contributed by atoms with Gasteiger partial charge in [0.25, 0.3) is 0 Å². The summed E-state index contributed by atoms with van der Waals surface area (Å²) in [6.45, 7) is 5.30. The number of benzene rings is 1. The van der Waals surface area contributed by atoms with Gasteiger partial charge in [0.05, 0.1) is 19.4 Å². The van der Waals surface area contributed by atoms with Crippen LogP contribution in [0.1, 0.15) is 10.6 Å². The topological polar surface area (TPSA) is 61.6 Å². The monoisotopic (exact) mass is 430 g/mol. The first-order valence-electron chi connectivity index (χ1n) is 9.60. The normalized spacial score (nSPS) is 15.5. The predicted octanol–water partition coefficient (Wildman–Crippen LogP) is 3.49. The molecule has 6 nitrogen and oxygen atoms in total. The van der Waals surface area contributed by atoms with Gasteiger partial charge in [0.1, 0.15) is 10.7 Å². The molecule has 1 amide bonds. The number of aromatic nitrogens is 1. The highest BCUT2D eigenvalue weighted by atomic mass is 35.5. The van der Waals surface area contributed by atoms with Crippen molar-refractivity contribution in [1.82, 2.24) is 20.1 Å². The maximum absolute atomic E-state index is 12.3. The zero-order valence-corrected chi connectivity index (χ0v) is 17.6. The molecule has 1 aliphatic rings. The maximum Gasteiger partial charge on any atom is 0.234 e. The van der Waals surface area contributed by atoms with Crippen molar-refractivity contribution >= 4 is 28.8 Å². The Morgan fingerprint density at radius 3 is 2.69 bits per heavy atom. The Bertz CT molecular complexity index is 936. The Labute approximate surface area is 179 Å². The molecule has 1 aliphatic heterocycles. The second kappa shape index (κ2) is 9.54. The number of halogens is 1. The summed E-state index contributed by atoms with van der Waals surface area (Å²) >= 11 is 7.79. The molecule has 8 heteroatoms. The molecule has 0 unspecified atom stereocenters. The van der Waals surface area contributed by atoms with Crippen LogP contribution in [0.15, 0.2) is 52.5 Å². The van der Waals surface area contributed by atoms with Crippen molar-refractivity contribution in [2.45, 2.75) is 13.1 Å². The molecule has 0 atom stereocenters. The number of nitrogens with zero attached hydrogens (tertiary/aromatic N) is 3. The first kappa shape index (κ1) is 20.1. The molecular weight excluding hydrogens is 408 g/mol. The van der Waals surface area contributed by atoms with Crippen molar-refractivity contribution in [2.24, 2.45) is 0 Å². The van der Waals surface area contributed by atoms with Gasteiger partial charge < -0.3 is 9.73 Å². The molecule has 152 valence electrons. The molecule has 0 aliphatic carbocycles. The van der Waals surface area contributed by atoms with Crippen LogP contribution in [0.25, 0.3) is 11.5 Å². The number of thiazole rings is 1. The van der Waals surface area contributed by atoms with E-state index < -0.39 is 0 Å². The first-order chi connectivity index (χ1) is 14.2. The van der Waals surface area contributed by atoms with E-state index in [-0.39, 0.29) is 5.91 Å². The summed E-state index contributed by atoms with van der Waals surface area (Å²) in [6.07, 6.45) is 1.66. The van der Waals surface area contributed by atoms with E-state index in [4.69, 9.17) is 16.0 Å². The van der Waals surface area contributed by atoms with E-state index >= 15 is 0 Å². The SMILES string of the molecule is O=C(CN1CCN(Cc2nc(-c3ccco3)cs2)CC1)NCc1ccccc1Cl. The van der Waals surface area contributed by atoms with Gasteiger partial charge >= 0.3 is 0 Å². The molecule has 0 saturated carbocycles. The summed E-state index contributed by atoms with van der Waals surface area (Å²) in [6, 6.07) is 11.4. The summed E-state index contributed by atoms with van der Waals surface area (Å²) in [7, 11) is 0. The highest BCUT2D eigenvalue weighted by Crippen LogP contribution is 2.23. The number of hydrogen-bond donors (Lipinski definition) is 1. The lowest BCUT2D eigenvalue weighted by molar-refractivity contribution is -0.122. The zero-order valence-electron chi connectivity index (χ0n) is 16.0. The Hall–Kier alpha value is -2.19. The van der Waals surface area contributed by atoms with E-state index in [0.717, 1.165) is 54.7 Å². The largest absolute Gasteiger partial charge is 0.463 e. The third-order valence-electron chi connectivity index (χ3n) is 4.95. The van der Waals surface area contributed by atoms with E-state index in [1.54, 1.807) is 17.6 Å². The number of piperazine rings is 1. The molecule has 0 spiro atoms. The molecule has 29 heavy (non-hydrogen) atoms. The molecule has 2 aromatic heterocycles. The van der Waals surface area contributed by atoms with Crippen LogP contribution in [-0.2, 0) is 17.9 Å². The van der Waals surface area contributed by atoms with Gasteiger partial charge in [-0.25, -0.2) is 4.98 Å². The van der Waals surface area contributed by atoms with E-state index in [1.807, 2.05) is 41.8 Å². The molecule has 1 aromatic carbocycles. The standard InChI is InChI=1S/C21H23ClN4O2S/c22-17-5-2-1-4-16(17)12-23-20(27)13-25-7-9-26(10-8-25)14-21-24-18(15-29-21)19-6-3-11-28-19/h1-6,11,15H,7-10,12-14H2,(H,23,27). The molecule has 4 rings (SSSR count). The number of rotatable bonds is 7. The number of hydrogen-bond acceptors (Lipinski definition) is 6. The van der Waals surface area contributed by atoms with Crippen molar-refractivity contribution in [3.63, 3.8) is 0 Å². The molecule has 3 aromatic rings. The summed E-state index contributed by atoms with van der Waals surface area (Å²) in [5, 5.41) is 6.76. The number of carbonyl (C=O) groups is 1.